The quantitative estimate of drug-likeness (QED) is 0.0702. The minimum Gasteiger partial charge on any atom is -0.481 e. The number of carboxylic acids is 2. The Bertz CT molecular complexity index is 710. The van der Waals surface area contributed by atoms with Crippen molar-refractivity contribution in [2.75, 3.05) is 13.1 Å². The van der Waals surface area contributed by atoms with Crippen LogP contribution in [0.4, 0.5) is 0 Å². The van der Waals surface area contributed by atoms with Crippen LogP contribution in [0, 0.1) is 5.92 Å². The molecule has 14 nitrogen and oxygen atoms in total. The summed E-state index contributed by atoms with van der Waals surface area (Å²) in [4.78, 5) is 62.6. The summed E-state index contributed by atoms with van der Waals surface area (Å²) in [7, 11) is 0. The third-order valence-corrected chi connectivity index (χ3v) is 4.53. The predicted molar refractivity (Wildman–Crippen MR) is 114 cm³/mol. The van der Waals surface area contributed by atoms with E-state index >= 15 is 0 Å². The van der Waals surface area contributed by atoms with Crippen molar-refractivity contribution in [2.24, 2.45) is 28.1 Å². The molecule has 0 bridgehead atoms. The molecule has 0 aromatic carbocycles. The van der Waals surface area contributed by atoms with Gasteiger partial charge in [0.25, 0.3) is 0 Å². The van der Waals surface area contributed by atoms with Crippen LogP contribution in [0.5, 0.6) is 0 Å². The van der Waals surface area contributed by atoms with Crippen LogP contribution in [0.2, 0.25) is 0 Å². The Morgan fingerprint density at radius 2 is 1.66 bits per heavy atom. The maximum absolute atomic E-state index is 12.3. The lowest BCUT2D eigenvalue weighted by molar-refractivity contribution is -0.143. The fourth-order valence-electron chi connectivity index (χ4n) is 2.51. The summed E-state index contributed by atoms with van der Waals surface area (Å²) in [6.07, 6.45) is 0.315. The van der Waals surface area contributed by atoms with Crippen molar-refractivity contribution in [2.45, 2.75) is 57.7 Å². The molecule has 0 aromatic rings. The minimum absolute atomic E-state index is 0.107. The number of nitrogens with one attached hydrogen (secondary N) is 3. The zero-order valence-corrected chi connectivity index (χ0v) is 18.2. The Morgan fingerprint density at radius 1 is 1.03 bits per heavy atom. The lowest BCUT2D eigenvalue weighted by atomic mass is 9.99. The van der Waals surface area contributed by atoms with Gasteiger partial charge in [-0.25, -0.2) is 4.79 Å². The lowest BCUT2D eigenvalue weighted by Crippen LogP contribution is -2.54. The van der Waals surface area contributed by atoms with Crippen molar-refractivity contribution >= 4 is 35.6 Å². The topological polar surface area (TPSA) is 252 Å². The molecule has 0 fully saturated rings. The second-order valence-corrected chi connectivity index (χ2v) is 7.20. The average Bonchev–Trinajstić information content (AvgIpc) is 2.71. The summed E-state index contributed by atoms with van der Waals surface area (Å²) >= 11 is 0. The number of nitrogens with two attached hydrogens (primary N) is 3. The number of aliphatic imine (C=N–C) groups is 1. The number of hydrogen-bond donors (Lipinski definition) is 8. The van der Waals surface area contributed by atoms with E-state index in [9.17, 15) is 29.1 Å². The van der Waals surface area contributed by atoms with Gasteiger partial charge in [0, 0.05) is 6.54 Å². The van der Waals surface area contributed by atoms with Crippen molar-refractivity contribution in [3.63, 3.8) is 0 Å². The maximum Gasteiger partial charge on any atom is 0.326 e. The highest BCUT2D eigenvalue weighted by Crippen LogP contribution is 2.07. The Hall–Kier alpha value is -3.42. The van der Waals surface area contributed by atoms with Gasteiger partial charge in [-0.05, 0) is 18.8 Å². The molecule has 0 saturated heterocycles. The van der Waals surface area contributed by atoms with Gasteiger partial charge in [0.15, 0.2) is 5.96 Å². The fraction of sp³-hybridized carbons (Fsp3) is 0.667. The highest BCUT2D eigenvalue weighted by atomic mass is 16.4. The molecule has 0 aliphatic rings. The van der Waals surface area contributed by atoms with Gasteiger partial charge >= 0.3 is 11.9 Å². The van der Waals surface area contributed by atoms with Crippen LogP contribution in [0.3, 0.4) is 0 Å². The third-order valence-electron chi connectivity index (χ3n) is 4.53. The zero-order valence-electron chi connectivity index (χ0n) is 18.2. The van der Waals surface area contributed by atoms with Crippen LogP contribution >= 0.6 is 0 Å². The number of aliphatic carboxylic acids is 2. The second-order valence-electron chi connectivity index (χ2n) is 7.20. The van der Waals surface area contributed by atoms with Crippen LogP contribution < -0.4 is 33.2 Å². The lowest BCUT2D eigenvalue weighted by Gasteiger charge is -2.21. The first-order valence-electron chi connectivity index (χ1n) is 10.0. The summed E-state index contributed by atoms with van der Waals surface area (Å²) in [5.41, 5.74) is 16.1. The predicted octanol–water partition coefficient (Wildman–Crippen LogP) is -2.94. The second kappa shape index (κ2) is 14.6. The van der Waals surface area contributed by atoms with Gasteiger partial charge in [0.1, 0.15) is 12.1 Å². The summed E-state index contributed by atoms with van der Waals surface area (Å²) in [6.45, 7) is 3.05. The summed E-state index contributed by atoms with van der Waals surface area (Å²) in [5, 5.41) is 24.9. The van der Waals surface area contributed by atoms with Crippen LogP contribution in [-0.2, 0) is 24.0 Å². The number of nitrogens with zero attached hydrogens (tertiary/aromatic N) is 1. The summed E-state index contributed by atoms with van der Waals surface area (Å²) in [6, 6.07) is -3.67. The highest BCUT2D eigenvalue weighted by Gasteiger charge is 2.28. The molecule has 14 heteroatoms. The molecule has 0 aliphatic heterocycles. The van der Waals surface area contributed by atoms with E-state index in [4.69, 9.17) is 22.3 Å². The molecule has 0 rings (SSSR count). The van der Waals surface area contributed by atoms with Gasteiger partial charge in [-0.3, -0.25) is 24.2 Å². The van der Waals surface area contributed by atoms with E-state index in [2.05, 4.69) is 20.9 Å². The van der Waals surface area contributed by atoms with Gasteiger partial charge in [-0.2, -0.15) is 0 Å². The smallest absolute Gasteiger partial charge is 0.326 e. The highest BCUT2D eigenvalue weighted by molar-refractivity contribution is 5.94. The number of carbonyl (C=O) groups excluding carboxylic acids is 3. The standard InChI is InChI=1S/C18H33N7O7/c1-3-9(2)14(17(31)32)25-12(26)8-23-16(30)11(7-13(27)28)24-15(29)10(19)5-4-6-22-18(20)21/h9-11,14H,3-8,19H2,1-2H3,(H,23,30)(H,24,29)(H,25,26)(H,27,28)(H,31,32)(H4,20,21,22). The van der Waals surface area contributed by atoms with Gasteiger partial charge in [-0.15, -0.1) is 0 Å². The molecule has 32 heavy (non-hydrogen) atoms. The largest absolute Gasteiger partial charge is 0.481 e. The number of rotatable bonds is 15. The normalized spacial score (nSPS) is 14.2. The SMILES string of the molecule is CCC(C)C(NC(=O)CNC(=O)C(CC(=O)O)NC(=O)C(N)CCCN=C(N)N)C(=O)O. The van der Waals surface area contributed by atoms with Crippen molar-refractivity contribution in [3.05, 3.63) is 0 Å². The molecule has 0 saturated carbocycles. The van der Waals surface area contributed by atoms with Crippen LogP contribution in [0.15, 0.2) is 4.99 Å². The summed E-state index contributed by atoms with van der Waals surface area (Å²) in [5.74, 6) is -5.50. The molecule has 0 radical (unpaired) electrons. The minimum atomic E-state index is -1.48. The van der Waals surface area contributed by atoms with Gasteiger partial charge < -0.3 is 43.4 Å². The van der Waals surface area contributed by atoms with Crippen LogP contribution in [-0.4, -0.2) is 77.0 Å². The van der Waals surface area contributed by atoms with Crippen LogP contribution in [0.1, 0.15) is 39.5 Å². The Labute approximate surface area is 185 Å². The first kappa shape index (κ1) is 28.6. The number of guanidine groups is 1. The summed E-state index contributed by atoms with van der Waals surface area (Å²) < 4.78 is 0. The molecular formula is C18H33N7O7. The maximum atomic E-state index is 12.3. The molecule has 182 valence electrons. The zero-order chi connectivity index (χ0) is 24.8. The molecule has 0 spiro atoms. The number of carboxylic acid groups (broad SMARTS) is 2. The van der Waals surface area contributed by atoms with E-state index in [1.165, 1.54) is 0 Å². The molecule has 4 unspecified atom stereocenters. The molecule has 0 heterocycles. The number of hydrogen-bond acceptors (Lipinski definition) is 7. The van der Waals surface area contributed by atoms with Crippen molar-refractivity contribution in [1.29, 1.82) is 0 Å². The van der Waals surface area contributed by atoms with Crippen LogP contribution in [0.25, 0.3) is 0 Å². The van der Waals surface area contributed by atoms with E-state index in [1.807, 2.05) is 0 Å². The van der Waals surface area contributed by atoms with Crippen molar-refractivity contribution in [3.8, 4) is 0 Å². The first-order chi connectivity index (χ1) is 14.9. The Morgan fingerprint density at radius 3 is 2.16 bits per heavy atom. The molecular weight excluding hydrogens is 426 g/mol. The van der Waals surface area contributed by atoms with E-state index in [0.29, 0.717) is 12.8 Å². The molecule has 4 atom stereocenters. The number of amides is 3. The van der Waals surface area contributed by atoms with Gasteiger partial charge in [-0.1, -0.05) is 20.3 Å². The third kappa shape index (κ3) is 11.7. The van der Waals surface area contributed by atoms with E-state index in [-0.39, 0.29) is 24.8 Å². The first-order valence-corrected chi connectivity index (χ1v) is 10.0. The van der Waals surface area contributed by atoms with Gasteiger partial charge in [0.2, 0.25) is 17.7 Å². The monoisotopic (exact) mass is 459 g/mol. The molecule has 0 aromatic heterocycles. The van der Waals surface area contributed by atoms with Crippen molar-refractivity contribution < 1.29 is 34.2 Å². The number of carbonyl (C=O) groups is 5. The van der Waals surface area contributed by atoms with Gasteiger partial charge in [0.05, 0.1) is 19.0 Å². The fourth-order valence-corrected chi connectivity index (χ4v) is 2.51. The Balaban J connectivity index is 4.85. The molecule has 3 amide bonds. The van der Waals surface area contributed by atoms with E-state index in [0.717, 1.165) is 0 Å². The van der Waals surface area contributed by atoms with Crippen molar-refractivity contribution in [1.82, 2.24) is 16.0 Å². The average molecular weight is 460 g/mol. The van der Waals surface area contributed by atoms with E-state index in [1.54, 1.807) is 13.8 Å². The Kier molecular flexibility index (Phi) is 13.0. The van der Waals surface area contributed by atoms with E-state index < -0.39 is 60.8 Å². The molecule has 11 N–H and O–H groups in total. The molecule has 0 aliphatic carbocycles.